The number of hydrogen-bond donors (Lipinski definition) is 1. The number of nitrogens with two attached hydrogens (primary N) is 1. The van der Waals surface area contributed by atoms with Crippen molar-refractivity contribution in [2.45, 2.75) is 19.9 Å². The average Bonchev–Trinajstić information content (AvgIpc) is 1.84. The number of nitrogens with zero attached hydrogens (tertiary/aromatic N) is 1. The lowest BCUT2D eigenvalue weighted by Gasteiger charge is -2.18. The quantitative estimate of drug-likeness (QED) is 0.251. The van der Waals surface area contributed by atoms with E-state index in [1.165, 1.54) is 6.08 Å². The summed E-state index contributed by atoms with van der Waals surface area (Å²) in [5.74, 6) is 5.04. The van der Waals surface area contributed by atoms with Crippen molar-refractivity contribution in [3.8, 4) is 0 Å². The summed E-state index contributed by atoms with van der Waals surface area (Å²) >= 11 is 0. The molecule has 0 atom stereocenters. The van der Waals surface area contributed by atoms with Gasteiger partial charge in [0.1, 0.15) is 0 Å². The maximum atomic E-state index is 10.6. The van der Waals surface area contributed by atoms with Crippen LogP contribution in [0.5, 0.6) is 0 Å². The smallest absolute Gasteiger partial charge is 0.260 e. The SMILES string of the molecule is C=CC(=O)N(N)C(C)C. The third kappa shape index (κ3) is 2.28. The van der Waals surface area contributed by atoms with Crippen LogP contribution in [0.1, 0.15) is 13.8 Å². The minimum Gasteiger partial charge on any atom is -0.275 e. The average molecular weight is 128 g/mol. The fraction of sp³-hybridized carbons (Fsp3) is 0.500. The maximum Gasteiger partial charge on any atom is 0.260 e. The molecule has 0 aliphatic heterocycles. The van der Waals surface area contributed by atoms with Crippen LogP contribution in [0.4, 0.5) is 0 Å². The van der Waals surface area contributed by atoms with E-state index in [1.54, 1.807) is 0 Å². The molecule has 9 heavy (non-hydrogen) atoms. The van der Waals surface area contributed by atoms with Crippen molar-refractivity contribution in [3.05, 3.63) is 12.7 Å². The molecule has 0 saturated heterocycles. The van der Waals surface area contributed by atoms with Gasteiger partial charge in [0.25, 0.3) is 5.91 Å². The lowest BCUT2D eigenvalue weighted by Crippen LogP contribution is -2.41. The van der Waals surface area contributed by atoms with Gasteiger partial charge in [-0.2, -0.15) is 0 Å². The molecule has 0 rings (SSSR count). The number of hydrogen-bond acceptors (Lipinski definition) is 2. The van der Waals surface area contributed by atoms with Crippen LogP contribution in [-0.2, 0) is 4.79 Å². The van der Waals surface area contributed by atoms with Crippen LogP contribution in [0.15, 0.2) is 12.7 Å². The van der Waals surface area contributed by atoms with E-state index in [4.69, 9.17) is 5.84 Å². The molecule has 0 bridgehead atoms. The van der Waals surface area contributed by atoms with E-state index in [1.807, 2.05) is 13.8 Å². The summed E-state index contributed by atoms with van der Waals surface area (Å²) < 4.78 is 0. The highest BCUT2D eigenvalue weighted by atomic mass is 16.2. The van der Waals surface area contributed by atoms with Crippen LogP contribution >= 0.6 is 0 Å². The molecule has 1 amide bonds. The highest BCUT2D eigenvalue weighted by Crippen LogP contribution is 1.89. The highest BCUT2D eigenvalue weighted by Gasteiger charge is 2.06. The summed E-state index contributed by atoms with van der Waals surface area (Å²) in [7, 11) is 0. The van der Waals surface area contributed by atoms with Crippen LogP contribution in [0, 0.1) is 0 Å². The van der Waals surface area contributed by atoms with Crippen molar-refractivity contribution >= 4 is 5.91 Å². The first-order valence-corrected chi connectivity index (χ1v) is 2.80. The zero-order chi connectivity index (χ0) is 7.44. The zero-order valence-corrected chi connectivity index (χ0v) is 5.79. The fourth-order valence-corrected chi connectivity index (χ4v) is 0.360. The van der Waals surface area contributed by atoms with E-state index in [-0.39, 0.29) is 11.9 Å². The monoisotopic (exact) mass is 128 g/mol. The molecule has 52 valence electrons. The van der Waals surface area contributed by atoms with Gasteiger partial charge in [-0.3, -0.25) is 9.80 Å². The van der Waals surface area contributed by atoms with Gasteiger partial charge in [-0.1, -0.05) is 6.58 Å². The molecule has 0 spiro atoms. The number of rotatable bonds is 2. The number of amides is 1. The minimum atomic E-state index is -0.245. The number of carbonyl (C=O) groups excluding carboxylic acids is 1. The van der Waals surface area contributed by atoms with Crippen LogP contribution in [0.25, 0.3) is 0 Å². The molecule has 0 aliphatic carbocycles. The molecule has 2 N–H and O–H groups in total. The standard InChI is InChI=1S/C6H12N2O/c1-4-6(9)8(7)5(2)3/h4-5H,1,7H2,2-3H3. The van der Waals surface area contributed by atoms with Crippen LogP contribution in [-0.4, -0.2) is 17.0 Å². The third-order valence-corrected chi connectivity index (χ3v) is 0.985. The Labute approximate surface area is 55.1 Å². The molecular weight excluding hydrogens is 116 g/mol. The van der Waals surface area contributed by atoms with E-state index in [2.05, 4.69) is 6.58 Å². The zero-order valence-electron chi connectivity index (χ0n) is 5.79. The van der Waals surface area contributed by atoms with Gasteiger partial charge in [0, 0.05) is 6.04 Å². The van der Waals surface area contributed by atoms with Gasteiger partial charge in [0.15, 0.2) is 0 Å². The highest BCUT2D eigenvalue weighted by molar-refractivity contribution is 5.86. The molecule has 0 aromatic heterocycles. The van der Waals surface area contributed by atoms with Crippen LogP contribution < -0.4 is 5.84 Å². The van der Waals surface area contributed by atoms with Gasteiger partial charge in [-0.25, -0.2) is 5.84 Å². The predicted molar refractivity (Wildman–Crippen MR) is 36.4 cm³/mol. The Balaban J connectivity index is 3.87. The minimum absolute atomic E-state index is 0.0375. The Hall–Kier alpha value is -0.830. The first-order chi connectivity index (χ1) is 4.09. The summed E-state index contributed by atoms with van der Waals surface area (Å²) in [6.45, 7) is 6.96. The maximum absolute atomic E-state index is 10.6. The van der Waals surface area contributed by atoms with E-state index >= 15 is 0 Å². The topological polar surface area (TPSA) is 46.3 Å². The number of hydrazine groups is 1. The van der Waals surface area contributed by atoms with Gasteiger partial charge >= 0.3 is 0 Å². The molecule has 3 heteroatoms. The summed E-state index contributed by atoms with van der Waals surface area (Å²) in [6.07, 6.45) is 1.19. The lowest BCUT2D eigenvalue weighted by atomic mass is 10.4. The molecule has 0 fully saturated rings. The fourth-order valence-electron chi connectivity index (χ4n) is 0.360. The van der Waals surface area contributed by atoms with E-state index < -0.39 is 0 Å². The van der Waals surface area contributed by atoms with E-state index in [0.29, 0.717) is 0 Å². The van der Waals surface area contributed by atoms with E-state index in [0.717, 1.165) is 5.01 Å². The third-order valence-electron chi connectivity index (χ3n) is 0.985. The Morgan fingerprint density at radius 3 is 2.33 bits per heavy atom. The first-order valence-electron chi connectivity index (χ1n) is 2.80. The largest absolute Gasteiger partial charge is 0.275 e. The van der Waals surface area contributed by atoms with E-state index in [9.17, 15) is 4.79 Å². The molecule has 0 saturated carbocycles. The van der Waals surface area contributed by atoms with Gasteiger partial charge < -0.3 is 0 Å². The second-order valence-corrected chi connectivity index (χ2v) is 2.04. The number of carbonyl (C=O) groups is 1. The Kier molecular flexibility index (Phi) is 2.95. The van der Waals surface area contributed by atoms with Gasteiger partial charge in [0.05, 0.1) is 0 Å². The van der Waals surface area contributed by atoms with Crippen molar-refractivity contribution in [3.63, 3.8) is 0 Å². The summed E-state index contributed by atoms with van der Waals surface area (Å²) in [4.78, 5) is 10.6. The molecule has 0 unspecified atom stereocenters. The summed E-state index contributed by atoms with van der Waals surface area (Å²) in [5.41, 5.74) is 0. The molecule has 0 radical (unpaired) electrons. The summed E-state index contributed by atoms with van der Waals surface area (Å²) in [6, 6.07) is 0.0375. The molecule has 0 aliphatic rings. The van der Waals surface area contributed by atoms with Crippen LogP contribution in [0.2, 0.25) is 0 Å². The normalized spacial score (nSPS) is 9.33. The van der Waals surface area contributed by atoms with Gasteiger partial charge in [-0.15, -0.1) is 0 Å². The molecular formula is C6H12N2O. The second kappa shape index (κ2) is 3.25. The molecule has 3 nitrogen and oxygen atoms in total. The second-order valence-electron chi connectivity index (χ2n) is 2.04. The van der Waals surface area contributed by atoms with Crippen molar-refractivity contribution in [1.29, 1.82) is 0 Å². The lowest BCUT2D eigenvalue weighted by molar-refractivity contribution is -0.127. The van der Waals surface area contributed by atoms with Crippen LogP contribution in [0.3, 0.4) is 0 Å². The van der Waals surface area contributed by atoms with Crippen molar-refractivity contribution in [1.82, 2.24) is 5.01 Å². The molecule has 0 aromatic carbocycles. The Morgan fingerprint density at radius 1 is 1.78 bits per heavy atom. The molecule has 0 heterocycles. The van der Waals surface area contributed by atoms with Crippen molar-refractivity contribution in [2.75, 3.05) is 0 Å². The first kappa shape index (κ1) is 8.17. The Bertz CT molecular complexity index is 120. The predicted octanol–water partition coefficient (Wildman–Crippen LogP) is 0.283. The van der Waals surface area contributed by atoms with Crippen molar-refractivity contribution in [2.24, 2.45) is 5.84 Å². The van der Waals surface area contributed by atoms with Gasteiger partial charge in [0.2, 0.25) is 0 Å². The molecule has 0 aromatic rings. The van der Waals surface area contributed by atoms with Crippen molar-refractivity contribution < 1.29 is 4.79 Å². The van der Waals surface area contributed by atoms with Gasteiger partial charge in [-0.05, 0) is 19.9 Å². The summed E-state index contributed by atoms with van der Waals surface area (Å²) in [5, 5.41) is 1.13. The Morgan fingerprint density at radius 2 is 2.22 bits per heavy atom.